The van der Waals surface area contributed by atoms with Crippen LogP contribution in [0.4, 0.5) is 0 Å². The minimum atomic E-state index is -0.409. The number of rotatable bonds is 16. The molecule has 0 fully saturated rings. The topological polar surface area (TPSA) is 177 Å². The molecule has 10 aromatic carbocycles. The Morgan fingerprint density at radius 3 is 0.623 bits per heavy atom. The van der Waals surface area contributed by atoms with E-state index in [1.54, 1.807) is 62.8 Å². The molecule has 0 aliphatic carbocycles. The quantitative estimate of drug-likeness (QED) is 0.0390. The highest BCUT2D eigenvalue weighted by molar-refractivity contribution is 6.43. The van der Waals surface area contributed by atoms with Crippen LogP contribution in [0.1, 0.15) is 109 Å². The van der Waals surface area contributed by atoms with Crippen LogP contribution in [0.5, 0.6) is 0 Å². The number of hydrogen-bond acceptors (Lipinski definition) is 11. The van der Waals surface area contributed by atoms with Crippen molar-refractivity contribution in [3.05, 3.63) is 142 Å². The van der Waals surface area contributed by atoms with E-state index < -0.39 is 23.6 Å². The Bertz CT molecular complexity index is 3870. The number of imide groups is 4. The Labute approximate surface area is 438 Å². The number of hydrogen-bond donors (Lipinski definition) is 0. The van der Waals surface area contributed by atoms with Crippen molar-refractivity contribution < 1.29 is 52.6 Å². The van der Waals surface area contributed by atoms with Gasteiger partial charge in [0.1, 0.15) is 0 Å². The van der Waals surface area contributed by atoms with Gasteiger partial charge in [0.2, 0.25) is 0 Å². The number of carbonyl (C=O) groups excluding carboxylic acids is 8. The van der Waals surface area contributed by atoms with E-state index >= 15 is 0 Å². The summed E-state index contributed by atoms with van der Waals surface area (Å²) < 4.78 is 16.3. The minimum Gasteiger partial charge on any atom is -0.385 e. The zero-order valence-electron chi connectivity index (χ0n) is 42.0. The highest BCUT2D eigenvalue weighted by atomic mass is 16.5. The Morgan fingerprint density at radius 2 is 0.442 bits per heavy atom. The largest absolute Gasteiger partial charge is 0.385 e. The normalized spacial score (nSPS) is 15.5. The van der Waals surface area contributed by atoms with Crippen LogP contribution in [-0.2, 0) is 14.2 Å². The van der Waals surface area contributed by atoms with E-state index in [9.17, 15) is 38.4 Å². The molecule has 4 heterocycles. The van der Waals surface area contributed by atoms with E-state index in [2.05, 4.69) is 0 Å². The molecule has 10 aromatic rings. The number of carbonyl (C=O) groups is 8. The lowest BCUT2D eigenvalue weighted by molar-refractivity contribution is 0.0553. The summed E-state index contributed by atoms with van der Waals surface area (Å²) in [5.41, 5.74) is 3.46. The summed E-state index contributed by atoms with van der Waals surface area (Å²) in [5, 5.41) is 12.0. The first-order valence-corrected chi connectivity index (χ1v) is 25.9. The molecule has 0 atom stereocenters. The zero-order valence-corrected chi connectivity index (χ0v) is 42.0. The number of nitrogens with zero attached hydrogens (tertiary/aromatic N) is 4. The van der Waals surface area contributed by atoms with Crippen LogP contribution in [0, 0.1) is 0 Å². The van der Waals surface area contributed by atoms with E-state index in [4.69, 9.17) is 14.2 Å². The van der Waals surface area contributed by atoms with Crippen molar-refractivity contribution in [3.8, 4) is 0 Å². The molecule has 77 heavy (non-hydrogen) atoms. The van der Waals surface area contributed by atoms with Gasteiger partial charge in [0, 0.05) is 133 Å². The first-order chi connectivity index (χ1) is 37.5. The highest BCUT2D eigenvalue weighted by Crippen LogP contribution is 2.48. The van der Waals surface area contributed by atoms with Crippen LogP contribution in [0.3, 0.4) is 0 Å². The second kappa shape index (κ2) is 17.4. The Balaban J connectivity index is 0.661. The maximum absolute atomic E-state index is 14.2. The molecule has 0 aromatic heterocycles. The molecular formula is C62H46N4O11. The average molecular weight is 1020 g/mol. The van der Waals surface area contributed by atoms with Gasteiger partial charge in [-0.25, -0.2) is 0 Å². The third-order valence-electron chi connectivity index (χ3n) is 16.4. The summed E-state index contributed by atoms with van der Waals surface area (Å²) in [5.74, 6) is -3.03. The average Bonchev–Trinajstić information content (AvgIpc) is 3.46. The highest BCUT2D eigenvalue weighted by Gasteiger charge is 2.39. The summed E-state index contributed by atoms with van der Waals surface area (Å²) in [7, 11) is 3.16. The monoisotopic (exact) mass is 1020 g/mol. The number of benzene rings is 10. The molecule has 380 valence electrons. The van der Waals surface area contributed by atoms with E-state index in [1.807, 2.05) is 48.5 Å². The molecule has 0 N–H and O–H groups in total. The van der Waals surface area contributed by atoms with Gasteiger partial charge in [0.05, 0.1) is 0 Å². The smallest absolute Gasteiger partial charge is 0.261 e. The van der Waals surface area contributed by atoms with Crippen molar-refractivity contribution in [1.82, 2.24) is 19.6 Å². The van der Waals surface area contributed by atoms with E-state index in [0.29, 0.717) is 105 Å². The number of fused-ring (bicyclic) bond motifs is 4. The predicted molar refractivity (Wildman–Crippen MR) is 290 cm³/mol. The lowest BCUT2D eigenvalue weighted by Crippen LogP contribution is -2.41. The molecule has 8 amide bonds. The molecule has 4 aliphatic rings. The number of methoxy groups -OCH3 is 2. The van der Waals surface area contributed by atoms with Crippen LogP contribution in [-0.4, -0.2) is 134 Å². The van der Waals surface area contributed by atoms with Crippen molar-refractivity contribution >= 4 is 133 Å². The maximum atomic E-state index is 14.2. The Morgan fingerprint density at radius 1 is 0.260 bits per heavy atom. The minimum absolute atomic E-state index is 0.111. The molecule has 0 saturated carbocycles. The Hall–Kier alpha value is -8.76. The lowest BCUT2D eigenvalue weighted by atomic mass is 9.82. The molecule has 0 unspecified atom stereocenters. The van der Waals surface area contributed by atoms with Crippen molar-refractivity contribution in [2.75, 3.05) is 66.8 Å². The lowest BCUT2D eigenvalue weighted by Gasteiger charge is -2.30. The first kappa shape index (κ1) is 46.7. The van der Waals surface area contributed by atoms with Gasteiger partial charge in [0.25, 0.3) is 47.3 Å². The van der Waals surface area contributed by atoms with Crippen molar-refractivity contribution in [3.63, 3.8) is 0 Å². The first-order valence-electron chi connectivity index (χ1n) is 25.9. The molecule has 0 saturated heterocycles. The second-order valence-electron chi connectivity index (χ2n) is 20.3. The maximum Gasteiger partial charge on any atom is 0.261 e. The van der Waals surface area contributed by atoms with E-state index in [-0.39, 0.29) is 63.0 Å². The van der Waals surface area contributed by atoms with E-state index in [1.165, 1.54) is 19.6 Å². The standard InChI is InChI=1S/C62H46N4O11/c1-75-27-3-23-63-55(67)39-15-7-31-35-11-19-43-53-44(20-12-36(49(35)53)32-8-16-40(56(63)68)51(39)47(31)32)60(72)65(59(43)71)25-5-29-77-30-6-26-66-61(73)45-21-13-37-33-9-17-41-52-42(58(70)64(57(41)69)24-4-28-76-2)18-10-34(48(33)52)38-14-22-46(62(66)74)54(45)50(37)38/h7-22H,3-6,23-30H2,1-2H3. The van der Waals surface area contributed by atoms with Crippen LogP contribution < -0.4 is 0 Å². The fraction of sp³-hybridized carbons (Fsp3) is 0.226. The third kappa shape index (κ3) is 6.41. The van der Waals surface area contributed by atoms with Gasteiger partial charge < -0.3 is 14.2 Å². The SMILES string of the molecule is COCCCN1C(=O)c2ccc3c4ccc5c6c(ccc(c7ccc(c2c37)C1=O)c64)C(=O)N(CCCOCCCN1C(=O)c2ccc3c4ccc6c7c(ccc(c8ccc(c2c38)C1=O)c74)C(=O)N(CCCOC)C6=O)C5=O. The summed E-state index contributed by atoms with van der Waals surface area (Å²) in [6, 6.07) is 29.2. The molecule has 15 heteroatoms. The molecule has 15 nitrogen and oxygen atoms in total. The summed E-state index contributed by atoms with van der Waals surface area (Å²) in [6.45, 7) is 1.99. The summed E-state index contributed by atoms with van der Waals surface area (Å²) >= 11 is 0. The zero-order chi connectivity index (χ0) is 52.7. The van der Waals surface area contributed by atoms with Crippen molar-refractivity contribution in [1.29, 1.82) is 0 Å². The molecule has 14 rings (SSSR count). The number of amides is 8. The van der Waals surface area contributed by atoms with Crippen LogP contribution in [0.15, 0.2) is 97.1 Å². The molecule has 0 bridgehead atoms. The van der Waals surface area contributed by atoms with Gasteiger partial charge in [-0.15, -0.1) is 0 Å². The van der Waals surface area contributed by atoms with Gasteiger partial charge in [-0.05, 0) is 139 Å². The number of ether oxygens (including phenoxy) is 3. The van der Waals surface area contributed by atoms with E-state index in [0.717, 1.165) is 64.6 Å². The van der Waals surface area contributed by atoms with Crippen LogP contribution in [0.25, 0.3) is 86.2 Å². The van der Waals surface area contributed by atoms with Gasteiger partial charge in [-0.2, -0.15) is 0 Å². The fourth-order valence-corrected chi connectivity index (χ4v) is 13.0. The molecular weight excluding hydrogens is 977 g/mol. The molecule has 0 radical (unpaired) electrons. The summed E-state index contributed by atoms with van der Waals surface area (Å²) in [6.07, 6.45) is 1.75. The second-order valence-corrected chi connectivity index (χ2v) is 20.3. The van der Waals surface area contributed by atoms with Gasteiger partial charge in [-0.3, -0.25) is 58.0 Å². The third-order valence-corrected chi connectivity index (χ3v) is 16.4. The Kier molecular flexibility index (Phi) is 10.6. The fourth-order valence-electron chi connectivity index (χ4n) is 13.0. The van der Waals surface area contributed by atoms with Gasteiger partial charge in [-0.1, -0.05) is 48.5 Å². The van der Waals surface area contributed by atoms with Gasteiger partial charge >= 0.3 is 0 Å². The summed E-state index contributed by atoms with van der Waals surface area (Å²) in [4.78, 5) is 117. The predicted octanol–water partition coefficient (Wildman–Crippen LogP) is 9.74. The van der Waals surface area contributed by atoms with Crippen LogP contribution >= 0.6 is 0 Å². The molecule has 4 aliphatic heterocycles. The molecule has 0 spiro atoms. The van der Waals surface area contributed by atoms with Crippen molar-refractivity contribution in [2.45, 2.75) is 25.7 Å². The van der Waals surface area contributed by atoms with Gasteiger partial charge in [0.15, 0.2) is 0 Å². The van der Waals surface area contributed by atoms with Crippen molar-refractivity contribution in [2.24, 2.45) is 0 Å². The van der Waals surface area contributed by atoms with Crippen LogP contribution in [0.2, 0.25) is 0 Å².